The van der Waals surface area contributed by atoms with Gasteiger partial charge in [-0.2, -0.15) is 0 Å². The van der Waals surface area contributed by atoms with Gasteiger partial charge in [-0.05, 0) is 12.5 Å². The molecule has 0 aliphatic rings. The Kier molecular flexibility index (Phi) is 5.65. The molecule has 0 bridgehead atoms. The number of nitrogens with one attached hydrogen (secondary N) is 1. The summed E-state index contributed by atoms with van der Waals surface area (Å²) in [6.45, 7) is 2.49. The van der Waals surface area contributed by atoms with Gasteiger partial charge >= 0.3 is 0 Å². The predicted molar refractivity (Wildman–Crippen MR) is 71.4 cm³/mol. The monoisotopic (exact) mass is 268 g/mol. The number of carbonyl (C=O) groups is 2. The number of benzene rings is 1. The van der Waals surface area contributed by atoms with Gasteiger partial charge in [0.05, 0.1) is 6.54 Å². The molecule has 4 nitrogen and oxygen atoms in total. The van der Waals surface area contributed by atoms with Gasteiger partial charge in [-0.1, -0.05) is 29.8 Å². The number of carbonyl (C=O) groups excluding carboxylic acids is 2. The van der Waals surface area contributed by atoms with E-state index in [-0.39, 0.29) is 24.2 Å². The summed E-state index contributed by atoms with van der Waals surface area (Å²) in [5.41, 5.74) is 2.21. The minimum absolute atomic E-state index is 0.0252. The Balaban J connectivity index is 2.37. The molecule has 0 unspecified atom stereocenters. The lowest BCUT2D eigenvalue weighted by atomic mass is 10.1. The van der Waals surface area contributed by atoms with Crippen molar-refractivity contribution in [3.63, 3.8) is 0 Å². The number of rotatable bonds is 5. The van der Waals surface area contributed by atoms with Crippen molar-refractivity contribution in [3.05, 3.63) is 35.4 Å². The average Bonchev–Trinajstić information content (AvgIpc) is 2.37. The molecule has 0 aliphatic heterocycles. The van der Waals surface area contributed by atoms with Crippen LogP contribution in [0.1, 0.15) is 11.1 Å². The maximum atomic E-state index is 11.6. The van der Waals surface area contributed by atoms with Gasteiger partial charge in [0.2, 0.25) is 11.8 Å². The summed E-state index contributed by atoms with van der Waals surface area (Å²) in [6.07, 6.45) is 0. The number of hydrogen-bond donors (Lipinski definition) is 1. The second-order valence-corrected chi connectivity index (χ2v) is 4.41. The van der Waals surface area contributed by atoms with Crippen LogP contribution in [0.2, 0.25) is 0 Å². The maximum Gasteiger partial charge on any atom is 0.239 e. The molecular formula is C13H17ClN2O2. The van der Waals surface area contributed by atoms with Crippen LogP contribution in [0.25, 0.3) is 0 Å². The zero-order valence-electron chi connectivity index (χ0n) is 10.6. The van der Waals surface area contributed by atoms with Crippen LogP contribution in [0.15, 0.2) is 24.3 Å². The Morgan fingerprint density at radius 2 is 1.89 bits per heavy atom. The summed E-state index contributed by atoms with van der Waals surface area (Å²) in [6, 6.07) is 7.90. The second-order valence-electron chi connectivity index (χ2n) is 4.15. The van der Waals surface area contributed by atoms with E-state index in [9.17, 15) is 9.59 Å². The third-order valence-corrected chi connectivity index (χ3v) is 2.76. The first-order chi connectivity index (χ1) is 8.52. The van der Waals surface area contributed by atoms with Crippen LogP contribution in [0.3, 0.4) is 0 Å². The molecule has 0 radical (unpaired) electrons. The number of nitrogens with zero attached hydrogens (tertiary/aromatic N) is 1. The van der Waals surface area contributed by atoms with Crippen LogP contribution in [0.5, 0.6) is 0 Å². The summed E-state index contributed by atoms with van der Waals surface area (Å²) < 4.78 is 0. The van der Waals surface area contributed by atoms with E-state index in [1.807, 2.05) is 31.2 Å². The molecule has 1 aromatic carbocycles. The molecule has 0 fully saturated rings. The van der Waals surface area contributed by atoms with Crippen molar-refractivity contribution in [1.29, 1.82) is 0 Å². The van der Waals surface area contributed by atoms with Gasteiger partial charge < -0.3 is 10.2 Å². The third kappa shape index (κ3) is 4.75. The number of aryl methyl sites for hydroxylation is 1. The van der Waals surface area contributed by atoms with Crippen molar-refractivity contribution < 1.29 is 9.59 Å². The van der Waals surface area contributed by atoms with Crippen LogP contribution in [-0.2, 0) is 16.1 Å². The number of halogens is 1. The summed E-state index contributed by atoms with van der Waals surface area (Å²) in [5, 5.41) is 2.75. The molecule has 0 saturated heterocycles. The Morgan fingerprint density at radius 3 is 2.44 bits per heavy atom. The number of amides is 2. The van der Waals surface area contributed by atoms with E-state index >= 15 is 0 Å². The molecule has 0 heterocycles. The summed E-state index contributed by atoms with van der Waals surface area (Å²) in [4.78, 5) is 24.0. The quantitative estimate of drug-likeness (QED) is 0.819. The normalized spacial score (nSPS) is 9.94. The Hall–Kier alpha value is -1.55. The Labute approximate surface area is 112 Å². The number of likely N-dealkylation sites (N-methyl/N-ethyl adjacent to an activating group) is 1. The van der Waals surface area contributed by atoms with E-state index in [4.69, 9.17) is 11.6 Å². The molecule has 18 heavy (non-hydrogen) atoms. The van der Waals surface area contributed by atoms with Gasteiger partial charge in [0.1, 0.15) is 5.88 Å². The standard InChI is InChI=1S/C13H17ClN2O2/c1-10-3-5-11(6-4-10)8-15-12(17)9-16(2)13(18)7-14/h3-6H,7-9H2,1-2H3,(H,15,17). The van der Waals surface area contributed by atoms with E-state index < -0.39 is 0 Å². The van der Waals surface area contributed by atoms with Gasteiger partial charge in [-0.15, -0.1) is 11.6 Å². The van der Waals surface area contributed by atoms with Crippen LogP contribution < -0.4 is 5.32 Å². The zero-order chi connectivity index (χ0) is 13.5. The smallest absolute Gasteiger partial charge is 0.239 e. The molecule has 5 heteroatoms. The SMILES string of the molecule is Cc1ccc(CNC(=O)CN(C)C(=O)CCl)cc1. The van der Waals surface area contributed by atoms with Crippen LogP contribution >= 0.6 is 11.6 Å². The molecule has 2 amide bonds. The first kappa shape index (κ1) is 14.5. The summed E-state index contributed by atoms with van der Waals surface area (Å²) in [7, 11) is 1.55. The minimum atomic E-state index is -0.262. The van der Waals surface area contributed by atoms with E-state index in [0.29, 0.717) is 6.54 Å². The highest BCUT2D eigenvalue weighted by Gasteiger charge is 2.11. The van der Waals surface area contributed by atoms with Crippen LogP contribution in [0.4, 0.5) is 0 Å². The molecule has 0 aromatic heterocycles. The third-order valence-electron chi connectivity index (χ3n) is 2.53. The van der Waals surface area contributed by atoms with Gasteiger partial charge in [-0.25, -0.2) is 0 Å². The molecule has 1 rings (SSSR count). The molecule has 0 saturated carbocycles. The van der Waals surface area contributed by atoms with E-state index in [2.05, 4.69) is 5.32 Å². The number of hydrogen-bond acceptors (Lipinski definition) is 2. The summed E-state index contributed by atoms with van der Waals surface area (Å²) in [5.74, 6) is -0.569. The second kappa shape index (κ2) is 7.01. The van der Waals surface area contributed by atoms with Gasteiger partial charge in [0.25, 0.3) is 0 Å². The summed E-state index contributed by atoms with van der Waals surface area (Å²) >= 11 is 5.40. The van der Waals surface area contributed by atoms with E-state index in [1.54, 1.807) is 7.05 Å². The molecule has 1 aromatic rings. The number of alkyl halides is 1. The molecule has 0 spiro atoms. The lowest BCUT2D eigenvalue weighted by molar-refractivity contribution is -0.132. The molecule has 0 atom stereocenters. The van der Waals surface area contributed by atoms with Crippen molar-refractivity contribution in [3.8, 4) is 0 Å². The van der Waals surface area contributed by atoms with E-state index in [0.717, 1.165) is 5.56 Å². The van der Waals surface area contributed by atoms with Crippen LogP contribution in [-0.4, -0.2) is 36.2 Å². The minimum Gasteiger partial charge on any atom is -0.350 e. The lowest BCUT2D eigenvalue weighted by Crippen LogP contribution is -2.38. The van der Waals surface area contributed by atoms with Crippen molar-refractivity contribution in [2.75, 3.05) is 19.5 Å². The lowest BCUT2D eigenvalue weighted by Gasteiger charge is -2.15. The fourth-order valence-electron chi connectivity index (χ4n) is 1.37. The van der Waals surface area contributed by atoms with Crippen molar-refractivity contribution >= 4 is 23.4 Å². The molecule has 98 valence electrons. The molecule has 0 aliphatic carbocycles. The van der Waals surface area contributed by atoms with Gasteiger partial charge in [-0.3, -0.25) is 9.59 Å². The Morgan fingerprint density at radius 1 is 1.28 bits per heavy atom. The fraction of sp³-hybridized carbons (Fsp3) is 0.385. The molecular weight excluding hydrogens is 252 g/mol. The zero-order valence-corrected chi connectivity index (χ0v) is 11.3. The topological polar surface area (TPSA) is 49.4 Å². The maximum absolute atomic E-state index is 11.6. The first-order valence-corrected chi connectivity index (χ1v) is 6.18. The fourth-order valence-corrected chi connectivity index (χ4v) is 1.57. The Bertz CT molecular complexity index is 418. The van der Waals surface area contributed by atoms with Crippen molar-refractivity contribution in [2.24, 2.45) is 0 Å². The highest BCUT2D eigenvalue weighted by Crippen LogP contribution is 2.02. The van der Waals surface area contributed by atoms with Gasteiger partial charge in [0, 0.05) is 13.6 Å². The van der Waals surface area contributed by atoms with Crippen LogP contribution in [0, 0.1) is 6.92 Å². The highest BCUT2D eigenvalue weighted by atomic mass is 35.5. The largest absolute Gasteiger partial charge is 0.350 e. The van der Waals surface area contributed by atoms with E-state index in [1.165, 1.54) is 10.5 Å². The molecule has 1 N–H and O–H groups in total. The van der Waals surface area contributed by atoms with Crippen molar-refractivity contribution in [2.45, 2.75) is 13.5 Å². The first-order valence-electron chi connectivity index (χ1n) is 5.65. The predicted octanol–water partition coefficient (Wildman–Crippen LogP) is 1.31. The average molecular weight is 269 g/mol. The van der Waals surface area contributed by atoms with Gasteiger partial charge in [0.15, 0.2) is 0 Å². The highest BCUT2D eigenvalue weighted by molar-refractivity contribution is 6.27. The van der Waals surface area contributed by atoms with Crippen molar-refractivity contribution in [1.82, 2.24) is 10.2 Å².